The molecule has 3 fully saturated rings. The molecule has 3 heterocycles. The third kappa shape index (κ3) is 6.35. The van der Waals surface area contributed by atoms with Crippen molar-refractivity contribution in [1.82, 2.24) is 24.6 Å². The van der Waals surface area contributed by atoms with Gasteiger partial charge in [0, 0.05) is 67.9 Å². The molecule has 2 saturated heterocycles. The monoisotopic (exact) mass is 653 g/mol. The van der Waals surface area contributed by atoms with Crippen LogP contribution in [0.15, 0.2) is 36.7 Å². The fourth-order valence-electron chi connectivity index (χ4n) is 8.36. The number of hydrogen-bond donors (Lipinski definition) is 0. The highest BCUT2D eigenvalue weighted by molar-refractivity contribution is 6.31. The van der Waals surface area contributed by atoms with E-state index in [1.54, 1.807) is 12.4 Å². The number of aromatic nitrogens is 3. The molecule has 0 bridgehead atoms. The number of rotatable bonds is 7. The number of benzene rings is 2. The highest BCUT2D eigenvalue weighted by Gasteiger charge is 2.45. The molecular formula is C36H46ClF2N5O2. The Morgan fingerprint density at radius 3 is 2.39 bits per heavy atom. The molecular weight excluding hydrogens is 608 g/mol. The quantitative estimate of drug-likeness (QED) is 0.282. The van der Waals surface area contributed by atoms with Gasteiger partial charge in [-0.3, -0.25) is 9.48 Å². The van der Waals surface area contributed by atoms with Gasteiger partial charge in [-0.05, 0) is 113 Å². The summed E-state index contributed by atoms with van der Waals surface area (Å²) in [5, 5.41) is 5.06. The molecule has 3 atom stereocenters. The summed E-state index contributed by atoms with van der Waals surface area (Å²) in [6.45, 7) is 9.08. The van der Waals surface area contributed by atoms with E-state index in [1.807, 2.05) is 23.6 Å². The molecule has 2 aliphatic heterocycles. The predicted octanol–water partition coefficient (Wildman–Crippen LogP) is 6.76. The lowest BCUT2D eigenvalue weighted by Crippen LogP contribution is -2.44. The van der Waals surface area contributed by atoms with E-state index in [4.69, 9.17) is 16.3 Å². The zero-order valence-electron chi connectivity index (χ0n) is 27.6. The third-order valence-electron chi connectivity index (χ3n) is 11.1. The van der Waals surface area contributed by atoms with Crippen LogP contribution in [0, 0.1) is 24.5 Å². The first-order valence-corrected chi connectivity index (χ1v) is 17.0. The molecule has 3 aliphatic rings. The van der Waals surface area contributed by atoms with E-state index >= 15 is 4.39 Å². The van der Waals surface area contributed by atoms with Crippen molar-refractivity contribution in [1.29, 1.82) is 0 Å². The van der Waals surface area contributed by atoms with Crippen molar-refractivity contribution in [3.8, 4) is 0 Å². The predicted molar refractivity (Wildman–Crippen MR) is 175 cm³/mol. The fourth-order valence-corrected chi connectivity index (χ4v) is 8.53. The Labute approximate surface area is 276 Å². The van der Waals surface area contributed by atoms with Crippen LogP contribution in [0.25, 0.3) is 0 Å². The molecule has 7 nitrogen and oxygen atoms in total. The number of aryl methyl sites for hydroxylation is 2. The summed E-state index contributed by atoms with van der Waals surface area (Å²) in [6.07, 6.45) is 6.44. The van der Waals surface area contributed by atoms with Gasteiger partial charge in [0.25, 0.3) is 0 Å². The molecule has 0 N–H and O–H groups in total. The second-order valence-electron chi connectivity index (χ2n) is 14.1. The molecule has 248 valence electrons. The number of amides is 1. The molecule has 46 heavy (non-hydrogen) atoms. The van der Waals surface area contributed by atoms with Gasteiger partial charge in [0.15, 0.2) is 0 Å². The minimum absolute atomic E-state index is 0.0802. The number of carbonyl (C=O) groups excluding carboxylic acids is 1. The minimum atomic E-state index is -0.599. The Morgan fingerprint density at radius 1 is 1.02 bits per heavy atom. The van der Waals surface area contributed by atoms with Gasteiger partial charge >= 0.3 is 0 Å². The minimum Gasteiger partial charge on any atom is -0.381 e. The number of likely N-dealkylation sites (tertiary alicyclic amines) is 1. The van der Waals surface area contributed by atoms with Crippen LogP contribution in [0.3, 0.4) is 0 Å². The lowest BCUT2D eigenvalue weighted by molar-refractivity contribution is -0.137. The van der Waals surface area contributed by atoms with Crippen LogP contribution >= 0.6 is 11.6 Å². The van der Waals surface area contributed by atoms with Crippen molar-refractivity contribution in [3.63, 3.8) is 0 Å². The molecule has 1 aromatic heterocycles. The van der Waals surface area contributed by atoms with Crippen molar-refractivity contribution in [2.24, 2.45) is 13.0 Å². The summed E-state index contributed by atoms with van der Waals surface area (Å²) in [5.41, 5.74) is 3.44. The summed E-state index contributed by atoms with van der Waals surface area (Å²) in [5.74, 6) is -0.634. The average molecular weight is 654 g/mol. The van der Waals surface area contributed by atoms with E-state index in [1.165, 1.54) is 17.2 Å². The maximum absolute atomic E-state index is 15.2. The molecule has 3 unspecified atom stereocenters. The van der Waals surface area contributed by atoms with Crippen LogP contribution in [0.5, 0.6) is 0 Å². The van der Waals surface area contributed by atoms with E-state index < -0.39 is 17.0 Å². The normalized spacial score (nSPS) is 23.4. The molecule has 10 heteroatoms. The van der Waals surface area contributed by atoms with Crippen LogP contribution in [0.4, 0.5) is 8.78 Å². The standard InChI is InChI=1S/C36H46ClF2N5O2/c1-22-16-31(36(2,3)35-40-21-41-43(35)5)28(20-32(22)37)23-8-12-44(13-9-23)34(45)30-19-26(42(4)25-10-14-46-15-11-25)18-29(30)27-7-6-24(38)17-33(27)39/h6-7,16-17,20-21,23,25-26,29-30H,8-15,18-19H2,1-5H3. The van der Waals surface area contributed by atoms with Gasteiger partial charge in [0.2, 0.25) is 5.91 Å². The molecule has 2 aromatic carbocycles. The summed E-state index contributed by atoms with van der Waals surface area (Å²) in [4.78, 5) is 23.3. The van der Waals surface area contributed by atoms with Gasteiger partial charge in [0.1, 0.15) is 23.8 Å². The number of hydrogen-bond acceptors (Lipinski definition) is 5. The molecule has 0 spiro atoms. The number of ether oxygens (including phenoxy) is 1. The van der Waals surface area contributed by atoms with Gasteiger partial charge in [-0.2, -0.15) is 5.10 Å². The highest BCUT2D eigenvalue weighted by atomic mass is 35.5. The number of halogens is 3. The molecule has 6 rings (SSSR count). The van der Waals surface area contributed by atoms with Gasteiger partial charge < -0.3 is 14.5 Å². The van der Waals surface area contributed by atoms with Gasteiger partial charge in [-0.25, -0.2) is 13.8 Å². The first-order valence-electron chi connectivity index (χ1n) is 16.6. The second-order valence-corrected chi connectivity index (χ2v) is 14.5. The van der Waals surface area contributed by atoms with Gasteiger partial charge in [-0.15, -0.1) is 0 Å². The molecule has 1 aliphatic carbocycles. The third-order valence-corrected chi connectivity index (χ3v) is 11.5. The Kier molecular flexibility index (Phi) is 9.57. The van der Waals surface area contributed by atoms with Crippen molar-refractivity contribution in [3.05, 3.63) is 81.4 Å². The van der Waals surface area contributed by atoms with E-state index in [-0.39, 0.29) is 29.7 Å². The maximum atomic E-state index is 15.2. The Hall–Kier alpha value is -2.88. The van der Waals surface area contributed by atoms with E-state index in [9.17, 15) is 9.18 Å². The van der Waals surface area contributed by atoms with Gasteiger partial charge in [0.05, 0.1) is 0 Å². The van der Waals surface area contributed by atoms with E-state index in [2.05, 4.69) is 48.0 Å². The topological polar surface area (TPSA) is 63.5 Å². The summed E-state index contributed by atoms with van der Waals surface area (Å²) >= 11 is 6.71. The largest absolute Gasteiger partial charge is 0.381 e. The molecule has 3 aromatic rings. The smallest absolute Gasteiger partial charge is 0.226 e. The Morgan fingerprint density at radius 2 is 1.74 bits per heavy atom. The maximum Gasteiger partial charge on any atom is 0.226 e. The lowest BCUT2D eigenvalue weighted by atomic mass is 9.75. The fraction of sp³-hybridized carbons (Fsp3) is 0.583. The SMILES string of the molecule is Cc1cc(C(C)(C)c2ncnn2C)c(C2CCN(C(=O)C3CC(N(C)C4CCOCC4)CC3c3ccc(F)cc3F)CC2)cc1Cl. The highest BCUT2D eigenvalue weighted by Crippen LogP contribution is 2.46. The Balaban J connectivity index is 1.22. The van der Waals surface area contributed by atoms with Crippen LogP contribution in [-0.2, 0) is 22.0 Å². The number of nitrogens with zero attached hydrogens (tertiary/aromatic N) is 5. The zero-order valence-corrected chi connectivity index (χ0v) is 28.4. The Bertz CT molecular complexity index is 1560. The van der Waals surface area contributed by atoms with Crippen LogP contribution in [0.1, 0.15) is 92.3 Å². The zero-order chi connectivity index (χ0) is 32.7. The molecule has 1 saturated carbocycles. The summed E-state index contributed by atoms with van der Waals surface area (Å²) in [6, 6.07) is 8.61. The first kappa shape index (κ1) is 33.0. The van der Waals surface area contributed by atoms with Crippen LogP contribution in [-0.4, -0.2) is 75.9 Å². The average Bonchev–Trinajstić information content (AvgIpc) is 3.69. The van der Waals surface area contributed by atoms with Crippen LogP contribution in [0.2, 0.25) is 5.02 Å². The number of piperidine rings is 1. The molecule has 0 radical (unpaired) electrons. The molecule has 1 amide bonds. The van der Waals surface area contributed by atoms with E-state index in [0.717, 1.165) is 61.4 Å². The van der Waals surface area contributed by atoms with E-state index in [0.29, 0.717) is 37.5 Å². The van der Waals surface area contributed by atoms with Crippen molar-refractivity contribution < 1.29 is 18.3 Å². The second kappa shape index (κ2) is 13.3. The van der Waals surface area contributed by atoms with Gasteiger partial charge in [-0.1, -0.05) is 23.7 Å². The van der Waals surface area contributed by atoms with Crippen molar-refractivity contribution in [2.45, 2.75) is 88.6 Å². The van der Waals surface area contributed by atoms with Crippen molar-refractivity contribution in [2.75, 3.05) is 33.4 Å². The first-order chi connectivity index (χ1) is 22.0. The summed E-state index contributed by atoms with van der Waals surface area (Å²) < 4.78 is 36.5. The lowest BCUT2D eigenvalue weighted by Gasteiger charge is -2.37. The summed E-state index contributed by atoms with van der Waals surface area (Å²) in [7, 11) is 4.04. The number of carbonyl (C=O) groups is 1. The van der Waals surface area contributed by atoms with Crippen molar-refractivity contribution >= 4 is 17.5 Å². The van der Waals surface area contributed by atoms with Crippen LogP contribution < -0.4 is 0 Å².